The molecule has 1 aromatic heterocycles. The van der Waals surface area contributed by atoms with E-state index in [1.54, 1.807) is 17.5 Å². The minimum absolute atomic E-state index is 0.221. The molecule has 0 unspecified atom stereocenters. The lowest BCUT2D eigenvalue weighted by Gasteiger charge is -2.04. The number of rotatable bonds is 5. The second-order valence-electron chi connectivity index (χ2n) is 5.48. The number of amides is 1. The fourth-order valence-electron chi connectivity index (χ4n) is 1.84. The molecule has 0 saturated heterocycles. The van der Waals surface area contributed by atoms with Crippen molar-refractivity contribution in [2.75, 3.05) is 11.6 Å². The Kier molecular flexibility index (Phi) is 4.97. The van der Waals surface area contributed by atoms with Gasteiger partial charge >= 0.3 is 0 Å². The number of hydrogen-bond donors (Lipinski definition) is 1. The number of hydrogen-bond acceptors (Lipinski definition) is 5. The molecule has 0 aliphatic heterocycles. The van der Waals surface area contributed by atoms with Gasteiger partial charge in [-0.05, 0) is 30.2 Å². The molecule has 22 heavy (non-hydrogen) atoms. The van der Waals surface area contributed by atoms with Crippen molar-refractivity contribution in [1.82, 2.24) is 4.98 Å². The summed E-state index contributed by atoms with van der Waals surface area (Å²) >= 11 is 1.47. The number of benzene rings is 1. The molecule has 1 heterocycles. The van der Waals surface area contributed by atoms with Crippen molar-refractivity contribution >= 4 is 32.8 Å². The Morgan fingerprint density at radius 1 is 1.27 bits per heavy atom. The number of nitrogens with zero attached hydrogens (tertiary/aromatic N) is 1. The van der Waals surface area contributed by atoms with Gasteiger partial charge in [0.1, 0.15) is 5.69 Å². The predicted molar refractivity (Wildman–Crippen MR) is 88.2 cm³/mol. The number of sulfone groups is 1. The number of carbonyl (C=O) groups is 1. The quantitative estimate of drug-likeness (QED) is 0.909. The van der Waals surface area contributed by atoms with Crippen molar-refractivity contribution in [3.8, 4) is 0 Å². The first-order chi connectivity index (χ1) is 10.3. The molecule has 0 aliphatic carbocycles. The fourth-order valence-corrected chi connectivity index (χ4v) is 3.46. The van der Waals surface area contributed by atoms with Gasteiger partial charge in [-0.25, -0.2) is 13.4 Å². The van der Waals surface area contributed by atoms with Crippen LogP contribution in [-0.2, 0) is 16.3 Å². The molecule has 0 bridgehead atoms. The van der Waals surface area contributed by atoms with Gasteiger partial charge in [-0.15, -0.1) is 11.3 Å². The molecule has 0 spiro atoms. The van der Waals surface area contributed by atoms with Crippen molar-refractivity contribution in [2.24, 2.45) is 5.92 Å². The average molecular weight is 338 g/mol. The van der Waals surface area contributed by atoms with Crippen molar-refractivity contribution in [2.45, 2.75) is 25.2 Å². The maximum Gasteiger partial charge on any atom is 0.275 e. The Morgan fingerprint density at radius 2 is 1.91 bits per heavy atom. The summed E-state index contributed by atoms with van der Waals surface area (Å²) in [4.78, 5) is 16.6. The van der Waals surface area contributed by atoms with Gasteiger partial charge in [0.25, 0.3) is 5.91 Å². The first-order valence-corrected chi connectivity index (χ1v) is 9.58. The third kappa shape index (κ3) is 4.38. The maximum atomic E-state index is 12.1. The van der Waals surface area contributed by atoms with Gasteiger partial charge in [0.05, 0.1) is 9.90 Å². The number of carbonyl (C=O) groups excluding carboxylic acids is 1. The van der Waals surface area contributed by atoms with E-state index in [-0.39, 0.29) is 10.8 Å². The van der Waals surface area contributed by atoms with Crippen LogP contribution in [0.15, 0.2) is 34.5 Å². The highest BCUT2D eigenvalue weighted by atomic mass is 32.2. The van der Waals surface area contributed by atoms with Gasteiger partial charge in [-0.1, -0.05) is 13.8 Å². The Labute approximate surface area is 134 Å². The van der Waals surface area contributed by atoms with Crippen LogP contribution in [0.3, 0.4) is 0 Å². The van der Waals surface area contributed by atoms with Crippen LogP contribution in [0, 0.1) is 5.92 Å². The van der Waals surface area contributed by atoms with E-state index in [2.05, 4.69) is 24.1 Å². The van der Waals surface area contributed by atoms with E-state index in [0.717, 1.165) is 17.7 Å². The molecule has 2 aromatic rings. The Balaban J connectivity index is 2.07. The van der Waals surface area contributed by atoms with E-state index in [0.29, 0.717) is 17.3 Å². The molecule has 0 saturated carbocycles. The monoisotopic (exact) mass is 338 g/mol. The molecule has 1 aromatic carbocycles. The molecule has 0 fully saturated rings. The minimum Gasteiger partial charge on any atom is -0.321 e. The number of anilines is 1. The molecule has 0 atom stereocenters. The zero-order chi connectivity index (χ0) is 16.3. The van der Waals surface area contributed by atoms with E-state index in [1.165, 1.54) is 23.5 Å². The van der Waals surface area contributed by atoms with Crippen LogP contribution in [0.4, 0.5) is 5.69 Å². The lowest BCUT2D eigenvalue weighted by molar-refractivity contribution is 0.102. The molecule has 7 heteroatoms. The molecular weight excluding hydrogens is 320 g/mol. The largest absolute Gasteiger partial charge is 0.321 e. The summed E-state index contributed by atoms with van der Waals surface area (Å²) in [5, 5.41) is 5.39. The molecule has 1 amide bonds. The smallest absolute Gasteiger partial charge is 0.275 e. The van der Waals surface area contributed by atoms with Crippen LogP contribution in [-0.4, -0.2) is 25.6 Å². The van der Waals surface area contributed by atoms with E-state index < -0.39 is 9.84 Å². The van der Waals surface area contributed by atoms with Crippen LogP contribution in [0.2, 0.25) is 0 Å². The summed E-state index contributed by atoms with van der Waals surface area (Å²) in [5.74, 6) is 0.198. The lowest BCUT2D eigenvalue weighted by atomic mass is 10.1. The van der Waals surface area contributed by atoms with Crippen molar-refractivity contribution in [3.63, 3.8) is 0 Å². The molecule has 5 nitrogen and oxygen atoms in total. The molecule has 0 radical (unpaired) electrons. The highest BCUT2D eigenvalue weighted by Gasteiger charge is 2.12. The Morgan fingerprint density at radius 3 is 2.45 bits per heavy atom. The highest BCUT2D eigenvalue weighted by molar-refractivity contribution is 7.90. The fraction of sp³-hybridized carbons (Fsp3) is 0.333. The first kappa shape index (κ1) is 16.6. The molecule has 0 aliphatic rings. The van der Waals surface area contributed by atoms with Crippen LogP contribution in [0.25, 0.3) is 0 Å². The van der Waals surface area contributed by atoms with E-state index in [9.17, 15) is 13.2 Å². The topological polar surface area (TPSA) is 76.1 Å². The zero-order valence-corrected chi connectivity index (χ0v) is 14.3. The van der Waals surface area contributed by atoms with Gasteiger partial charge in [0.2, 0.25) is 0 Å². The van der Waals surface area contributed by atoms with Gasteiger partial charge in [0.15, 0.2) is 9.84 Å². The third-order valence-electron chi connectivity index (χ3n) is 2.91. The minimum atomic E-state index is -3.23. The van der Waals surface area contributed by atoms with Gasteiger partial charge < -0.3 is 5.32 Å². The van der Waals surface area contributed by atoms with Crippen LogP contribution in [0.5, 0.6) is 0 Å². The second kappa shape index (κ2) is 6.58. The highest BCUT2D eigenvalue weighted by Crippen LogP contribution is 2.17. The molecular formula is C15H18N2O3S2. The van der Waals surface area contributed by atoms with Crippen molar-refractivity contribution < 1.29 is 13.2 Å². The summed E-state index contributed by atoms with van der Waals surface area (Å²) in [5.41, 5.74) is 0.920. The van der Waals surface area contributed by atoms with Gasteiger partial charge in [0, 0.05) is 23.7 Å². The van der Waals surface area contributed by atoms with Crippen LogP contribution < -0.4 is 5.32 Å². The third-order valence-corrected chi connectivity index (χ3v) is 4.91. The second-order valence-corrected chi connectivity index (χ2v) is 8.43. The summed E-state index contributed by atoms with van der Waals surface area (Å²) in [6, 6.07) is 6.07. The van der Waals surface area contributed by atoms with Crippen molar-refractivity contribution in [1.29, 1.82) is 0 Å². The van der Waals surface area contributed by atoms with E-state index >= 15 is 0 Å². The summed E-state index contributed by atoms with van der Waals surface area (Å²) in [6.07, 6.45) is 1.99. The van der Waals surface area contributed by atoms with Gasteiger partial charge in [-0.3, -0.25) is 4.79 Å². The van der Waals surface area contributed by atoms with E-state index in [1.807, 2.05) is 0 Å². The standard InChI is InChI=1S/C15H18N2O3S2/c1-10(2)8-14-17-13(9-21-14)15(18)16-11-4-6-12(7-5-11)22(3,19)20/h4-7,9-10H,8H2,1-3H3,(H,16,18). The summed E-state index contributed by atoms with van der Waals surface area (Å²) < 4.78 is 22.8. The summed E-state index contributed by atoms with van der Waals surface area (Å²) in [7, 11) is -3.23. The molecule has 118 valence electrons. The van der Waals surface area contributed by atoms with Crippen LogP contribution in [0.1, 0.15) is 29.3 Å². The predicted octanol–water partition coefficient (Wildman–Crippen LogP) is 3.00. The summed E-state index contributed by atoms with van der Waals surface area (Å²) in [6.45, 7) is 4.20. The van der Waals surface area contributed by atoms with E-state index in [4.69, 9.17) is 0 Å². The molecule has 2 rings (SSSR count). The maximum absolute atomic E-state index is 12.1. The molecule has 1 N–H and O–H groups in total. The van der Waals surface area contributed by atoms with Gasteiger partial charge in [-0.2, -0.15) is 0 Å². The Bertz CT molecular complexity index is 762. The Hall–Kier alpha value is -1.73. The number of thiazole rings is 1. The van der Waals surface area contributed by atoms with Crippen LogP contribution >= 0.6 is 11.3 Å². The zero-order valence-electron chi connectivity index (χ0n) is 12.7. The average Bonchev–Trinajstić information content (AvgIpc) is 2.86. The first-order valence-electron chi connectivity index (χ1n) is 6.81. The van der Waals surface area contributed by atoms with Crippen molar-refractivity contribution in [3.05, 3.63) is 40.3 Å². The lowest BCUT2D eigenvalue weighted by Crippen LogP contribution is -2.12. The SMILES string of the molecule is CC(C)Cc1nc(C(=O)Nc2ccc(S(C)(=O)=O)cc2)cs1. The number of nitrogens with one attached hydrogen (secondary N) is 1. The number of aromatic nitrogens is 1. The normalized spacial score (nSPS) is 11.6.